The van der Waals surface area contributed by atoms with Crippen LogP contribution in [0.5, 0.6) is 0 Å². The van der Waals surface area contributed by atoms with Gasteiger partial charge in [-0.3, -0.25) is 37.3 Å². The third-order valence-electron chi connectivity index (χ3n) is 14.9. The van der Waals surface area contributed by atoms with Gasteiger partial charge in [-0.25, -0.2) is 9.13 Å². The summed E-state index contributed by atoms with van der Waals surface area (Å²) < 4.78 is 67.6. The molecule has 17 nitrogen and oxygen atoms in total. The summed E-state index contributed by atoms with van der Waals surface area (Å²) in [6.07, 6.45) is 45.3. The second kappa shape index (κ2) is 59.0. The van der Waals surface area contributed by atoms with Crippen LogP contribution in [0.25, 0.3) is 0 Å². The van der Waals surface area contributed by atoms with E-state index in [2.05, 4.69) is 20.8 Å². The minimum Gasteiger partial charge on any atom is -0.462 e. The lowest BCUT2D eigenvalue weighted by atomic mass is 10.0. The van der Waals surface area contributed by atoms with E-state index >= 15 is 0 Å². The average Bonchev–Trinajstić information content (AvgIpc) is 3.46. The molecule has 19 heteroatoms. The maximum absolute atomic E-state index is 13.0. The predicted octanol–water partition coefficient (Wildman–Crippen LogP) is 17.9. The van der Waals surface area contributed by atoms with E-state index in [0.29, 0.717) is 25.7 Å². The highest BCUT2D eigenvalue weighted by Gasteiger charge is 2.30. The monoisotopic (exact) mass is 1230 g/mol. The molecule has 0 aromatic rings. The Labute approximate surface area is 505 Å². The molecular formula is C64H124O17P2. The fourth-order valence-corrected chi connectivity index (χ4v) is 11.2. The van der Waals surface area contributed by atoms with Crippen LogP contribution in [0, 0.1) is 0 Å². The molecule has 2 unspecified atom stereocenters. The van der Waals surface area contributed by atoms with Gasteiger partial charge in [-0.15, -0.1) is 0 Å². The largest absolute Gasteiger partial charge is 0.472 e. The summed E-state index contributed by atoms with van der Waals surface area (Å²) in [7, 11) is -9.87. The third-order valence-corrected chi connectivity index (χ3v) is 16.8. The van der Waals surface area contributed by atoms with Crippen LogP contribution < -0.4 is 0 Å². The van der Waals surface area contributed by atoms with Crippen molar-refractivity contribution in [3.05, 3.63) is 0 Å². The van der Waals surface area contributed by atoms with Gasteiger partial charge in [-0.05, 0) is 25.7 Å². The second-order valence-electron chi connectivity index (χ2n) is 23.2. The molecule has 83 heavy (non-hydrogen) atoms. The molecule has 0 radical (unpaired) electrons. The molecule has 0 bridgehead atoms. The van der Waals surface area contributed by atoms with Crippen molar-refractivity contribution in [2.45, 2.75) is 348 Å². The highest BCUT2D eigenvalue weighted by atomic mass is 31.2. The van der Waals surface area contributed by atoms with Gasteiger partial charge in [-0.1, -0.05) is 278 Å². The van der Waals surface area contributed by atoms with Crippen LogP contribution in [-0.4, -0.2) is 96.7 Å². The van der Waals surface area contributed by atoms with Crippen molar-refractivity contribution in [1.82, 2.24) is 0 Å². The molecule has 3 N–H and O–H groups in total. The fourth-order valence-electron chi connectivity index (χ4n) is 9.63. The highest BCUT2D eigenvalue weighted by molar-refractivity contribution is 7.47. The molecule has 0 saturated heterocycles. The van der Waals surface area contributed by atoms with Crippen LogP contribution in [-0.2, 0) is 65.4 Å². The van der Waals surface area contributed by atoms with Gasteiger partial charge >= 0.3 is 39.5 Å². The number of unbranched alkanes of at least 4 members (excludes halogenated alkanes) is 39. The number of hydrogen-bond acceptors (Lipinski definition) is 15. The average molecular weight is 1230 g/mol. The normalized spacial score (nSPS) is 14.2. The van der Waals surface area contributed by atoms with Crippen molar-refractivity contribution in [3.8, 4) is 0 Å². The summed E-state index contributed by atoms with van der Waals surface area (Å²) in [5, 5.41) is 10.5. The number of hydrogen-bond donors (Lipinski definition) is 3. The van der Waals surface area contributed by atoms with E-state index in [1.807, 2.05) is 6.92 Å². The minimum atomic E-state index is -4.94. The smallest absolute Gasteiger partial charge is 0.462 e. The summed E-state index contributed by atoms with van der Waals surface area (Å²) in [6, 6.07) is 0. The Bertz CT molecular complexity index is 1600. The maximum Gasteiger partial charge on any atom is 0.472 e. The predicted molar refractivity (Wildman–Crippen MR) is 331 cm³/mol. The molecule has 0 aromatic heterocycles. The van der Waals surface area contributed by atoms with Crippen LogP contribution in [0.1, 0.15) is 329 Å². The van der Waals surface area contributed by atoms with Crippen molar-refractivity contribution in [3.63, 3.8) is 0 Å². The van der Waals surface area contributed by atoms with E-state index in [1.165, 1.54) is 173 Å². The van der Waals surface area contributed by atoms with Gasteiger partial charge in [0, 0.05) is 25.7 Å². The highest BCUT2D eigenvalue weighted by Crippen LogP contribution is 2.45. The first-order valence-corrected chi connectivity index (χ1v) is 36.8. The fraction of sp³-hybridized carbons (Fsp3) is 0.938. The number of carbonyl (C=O) groups excluding carboxylic acids is 4. The Morgan fingerprint density at radius 1 is 0.289 bits per heavy atom. The minimum absolute atomic E-state index is 0.0905. The van der Waals surface area contributed by atoms with Crippen molar-refractivity contribution < 1.29 is 80.2 Å². The zero-order valence-electron chi connectivity index (χ0n) is 53.2. The SMILES string of the molecule is CCCCCCCCCCCCCCCCCC(=O)OC[C@H](COP(=O)(O)OC[C@H](O)COP(=O)(O)OC[C@@H](COC(=O)CCCCCCCCCCCC)OC(=O)CCCCC)OC(=O)CCCCCCCCCCCCCCCCC. The first kappa shape index (κ1) is 81.1. The number of esters is 4. The van der Waals surface area contributed by atoms with Crippen LogP contribution in [0.15, 0.2) is 0 Å². The van der Waals surface area contributed by atoms with Gasteiger partial charge in [0.2, 0.25) is 0 Å². The quantitative estimate of drug-likeness (QED) is 0.0222. The first-order chi connectivity index (χ1) is 40.2. The van der Waals surface area contributed by atoms with E-state index in [0.717, 1.165) is 77.0 Å². The van der Waals surface area contributed by atoms with Gasteiger partial charge in [0.25, 0.3) is 0 Å². The standard InChI is InChI=1S/C64H124O17P2/c1-5-9-13-16-19-22-25-27-29-31-33-36-39-42-46-49-62(67)75-55-60(81-64(69)51-47-43-40-37-34-32-30-28-26-23-20-17-14-10-6-2)57-79-83(72,73)77-53-58(65)52-76-82(70,71)78-56-59(80-63(68)50-44-12-8-4)54-74-61(66)48-45-41-38-35-24-21-18-15-11-7-3/h58-60,65H,5-57H2,1-4H3,(H,70,71)(H,72,73)/t58-,59-,60-/m1/s1. The number of phosphoric acid groups is 2. The number of phosphoric ester groups is 2. The lowest BCUT2D eigenvalue weighted by Gasteiger charge is -2.21. The summed E-state index contributed by atoms with van der Waals surface area (Å²) in [5.74, 6) is -2.15. The zero-order valence-corrected chi connectivity index (χ0v) is 54.9. The molecule has 0 spiro atoms. The van der Waals surface area contributed by atoms with Crippen LogP contribution in [0.3, 0.4) is 0 Å². The summed E-state index contributed by atoms with van der Waals surface area (Å²) in [4.78, 5) is 71.7. The number of aliphatic hydroxyl groups excluding tert-OH is 1. The van der Waals surface area contributed by atoms with Crippen molar-refractivity contribution in [1.29, 1.82) is 0 Å². The first-order valence-electron chi connectivity index (χ1n) is 33.8. The van der Waals surface area contributed by atoms with Crippen molar-refractivity contribution >= 4 is 39.5 Å². The van der Waals surface area contributed by atoms with Crippen molar-refractivity contribution in [2.75, 3.05) is 39.6 Å². The van der Waals surface area contributed by atoms with E-state index in [1.54, 1.807) is 0 Å². The summed E-state index contributed by atoms with van der Waals surface area (Å²) in [5.41, 5.74) is 0. The maximum atomic E-state index is 13.0. The molecule has 0 fully saturated rings. The van der Waals surface area contributed by atoms with Gasteiger partial charge in [0.1, 0.15) is 19.3 Å². The van der Waals surface area contributed by atoms with E-state index in [-0.39, 0.29) is 25.7 Å². The number of rotatable bonds is 65. The van der Waals surface area contributed by atoms with E-state index < -0.39 is 97.5 Å². The number of aliphatic hydroxyl groups is 1. The number of ether oxygens (including phenoxy) is 4. The van der Waals surface area contributed by atoms with Gasteiger partial charge in [0.05, 0.1) is 26.4 Å². The third kappa shape index (κ3) is 58.8. The van der Waals surface area contributed by atoms with Gasteiger partial charge < -0.3 is 33.8 Å². The topological polar surface area (TPSA) is 237 Å². The molecule has 0 aliphatic carbocycles. The lowest BCUT2D eigenvalue weighted by Crippen LogP contribution is -2.30. The molecule has 0 rings (SSSR count). The molecule has 0 aliphatic heterocycles. The molecular weight excluding hydrogens is 1100 g/mol. The summed E-state index contributed by atoms with van der Waals surface area (Å²) >= 11 is 0. The van der Waals surface area contributed by atoms with Gasteiger partial charge in [-0.2, -0.15) is 0 Å². The molecule has 5 atom stereocenters. The molecule has 0 aromatic carbocycles. The Hall–Kier alpha value is -1.94. The molecule has 0 aliphatic rings. The van der Waals surface area contributed by atoms with Crippen LogP contribution in [0.2, 0.25) is 0 Å². The van der Waals surface area contributed by atoms with Gasteiger partial charge in [0.15, 0.2) is 12.2 Å². The van der Waals surface area contributed by atoms with E-state index in [4.69, 9.17) is 37.0 Å². The molecule has 492 valence electrons. The molecule has 0 heterocycles. The Balaban J connectivity index is 5.07. The summed E-state index contributed by atoms with van der Waals surface area (Å²) in [6.45, 7) is 4.71. The van der Waals surface area contributed by atoms with E-state index in [9.17, 15) is 43.2 Å². The lowest BCUT2D eigenvalue weighted by molar-refractivity contribution is -0.161. The molecule has 0 saturated carbocycles. The Morgan fingerprint density at radius 2 is 0.482 bits per heavy atom. The molecule has 0 amide bonds. The van der Waals surface area contributed by atoms with Crippen LogP contribution >= 0.6 is 15.6 Å². The Kier molecular flexibility index (Phi) is 57.7. The second-order valence-corrected chi connectivity index (χ2v) is 26.1. The Morgan fingerprint density at radius 3 is 0.735 bits per heavy atom. The van der Waals surface area contributed by atoms with Crippen molar-refractivity contribution in [2.24, 2.45) is 0 Å². The number of carbonyl (C=O) groups is 4. The zero-order chi connectivity index (χ0) is 61.2. The van der Waals surface area contributed by atoms with Crippen LogP contribution in [0.4, 0.5) is 0 Å².